The lowest BCUT2D eigenvalue weighted by molar-refractivity contribution is -0.0966. The van der Waals surface area contributed by atoms with Gasteiger partial charge in [-0.2, -0.15) is 0 Å². The van der Waals surface area contributed by atoms with Crippen molar-refractivity contribution in [2.45, 2.75) is 126 Å². The molecule has 0 amide bonds. The highest BCUT2D eigenvalue weighted by Gasteiger charge is 2.63. The van der Waals surface area contributed by atoms with Crippen molar-refractivity contribution in [1.29, 1.82) is 0 Å². The Kier molecular flexibility index (Phi) is 5.90. The van der Waals surface area contributed by atoms with Gasteiger partial charge in [0.2, 0.25) is 0 Å². The van der Waals surface area contributed by atoms with Gasteiger partial charge in [-0.15, -0.1) is 0 Å². The van der Waals surface area contributed by atoms with Crippen LogP contribution in [0.25, 0.3) is 0 Å². The lowest BCUT2D eigenvalue weighted by Crippen LogP contribution is -2.56. The summed E-state index contributed by atoms with van der Waals surface area (Å²) in [5.74, 6) is 2.28. The van der Waals surface area contributed by atoms with Crippen molar-refractivity contribution in [3.05, 3.63) is 22.8 Å². The highest BCUT2D eigenvalue weighted by molar-refractivity contribution is 5.39. The molecule has 4 aliphatic carbocycles. The number of aliphatic hydroxyl groups is 1. The normalized spacial score (nSPS) is 44.9. The summed E-state index contributed by atoms with van der Waals surface area (Å²) in [6.07, 6.45) is 14.9. The van der Waals surface area contributed by atoms with Crippen LogP contribution in [0, 0.1) is 39.4 Å². The topological polar surface area (TPSA) is 20.2 Å². The summed E-state index contributed by atoms with van der Waals surface area (Å²) >= 11 is 0. The van der Waals surface area contributed by atoms with Crippen LogP contribution in [0.15, 0.2) is 22.8 Å². The standard InChI is InChI=1S/C30H50O/c1-20(2)10-9-11-21(3)22-14-18-29(7)23-12-13-25-27(4,5)17-16-26(31)30(25,8)24(23)15-19-28(22,29)6/h10,21-22,25-26,31H,9,11-19H2,1-8H3/t21-,22+,25+,26?,28+,29-,30-/m1/s1. The van der Waals surface area contributed by atoms with E-state index in [-0.39, 0.29) is 11.5 Å². The Morgan fingerprint density at radius 1 is 0.968 bits per heavy atom. The molecule has 0 aromatic heterocycles. The molecular formula is C30H50O. The molecule has 0 aliphatic heterocycles. The van der Waals surface area contributed by atoms with Gasteiger partial charge in [0.15, 0.2) is 0 Å². The van der Waals surface area contributed by atoms with Gasteiger partial charge in [-0.05, 0) is 112 Å². The molecule has 2 saturated carbocycles. The lowest BCUT2D eigenvalue weighted by Gasteiger charge is -2.62. The molecule has 1 N–H and O–H groups in total. The lowest BCUT2D eigenvalue weighted by atomic mass is 9.43. The third-order valence-corrected chi connectivity index (χ3v) is 11.6. The molecule has 31 heavy (non-hydrogen) atoms. The summed E-state index contributed by atoms with van der Waals surface area (Å²) in [5, 5.41) is 11.4. The fourth-order valence-corrected chi connectivity index (χ4v) is 9.47. The van der Waals surface area contributed by atoms with Crippen LogP contribution < -0.4 is 0 Å². The Morgan fingerprint density at radius 3 is 2.35 bits per heavy atom. The minimum absolute atomic E-state index is 0.00677. The largest absolute Gasteiger partial charge is 0.392 e. The molecule has 0 aromatic carbocycles. The number of fused-ring (bicyclic) bond motifs is 4. The summed E-state index contributed by atoms with van der Waals surface area (Å²) in [6, 6.07) is 0. The van der Waals surface area contributed by atoms with E-state index in [0.717, 1.165) is 18.3 Å². The molecule has 1 heteroatoms. The summed E-state index contributed by atoms with van der Waals surface area (Å²) in [7, 11) is 0. The Balaban J connectivity index is 1.67. The predicted molar refractivity (Wildman–Crippen MR) is 133 cm³/mol. The molecule has 4 rings (SSSR count). The third-order valence-electron chi connectivity index (χ3n) is 11.6. The maximum Gasteiger partial charge on any atom is 0.0634 e. The van der Waals surface area contributed by atoms with Crippen LogP contribution in [0.4, 0.5) is 0 Å². The molecule has 4 aliphatic rings. The van der Waals surface area contributed by atoms with Crippen LogP contribution in [0.3, 0.4) is 0 Å². The summed E-state index contributed by atoms with van der Waals surface area (Å²) < 4.78 is 0. The summed E-state index contributed by atoms with van der Waals surface area (Å²) in [5.41, 5.74) is 6.09. The first kappa shape index (κ1) is 23.6. The van der Waals surface area contributed by atoms with Crippen molar-refractivity contribution >= 4 is 0 Å². The second-order valence-corrected chi connectivity index (χ2v) is 13.6. The molecule has 1 unspecified atom stereocenters. The van der Waals surface area contributed by atoms with E-state index in [4.69, 9.17) is 0 Å². The number of hydrogen-bond acceptors (Lipinski definition) is 1. The first-order valence-corrected chi connectivity index (χ1v) is 13.4. The van der Waals surface area contributed by atoms with Crippen LogP contribution >= 0.6 is 0 Å². The molecule has 1 nitrogen and oxygen atoms in total. The minimum atomic E-state index is -0.149. The predicted octanol–water partition coefficient (Wildman–Crippen LogP) is 8.48. The average Bonchev–Trinajstić information content (AvgIpc) is 2.96. The van der Waals surface area contributed by atoms with E-state index < -0.39 is 0 Å². The number of aliphatic hydroxyl groups excluding tert-OH is 1. The van der Waals surface area contributed by atoms with E-state index in [2.05, 4.69) is 61.5 Å². The zero-order valence-corrected chi connectivity index (χ0v) is 21.9. The zero-order valence-electron chi connectivity index (χ0n) is 21.9. The fraction of sp³-hybridized carbons (Fsp3) is 0.867. The van der Waals surface area contributed by atoms with Gasteiger partial charge < -0.3 is 5.11 Å². The number of hydrogen-bond donors (Lipinski definition) is 1. The van der Waals surface area contributed by atoms with Gasteiger partial charge in [0, 0.05) is 5.41 Å². The van der Waals surface area contributed by atoms with Gasteiger partial charge in [-0.3, -0.25) is 0 Å². The maximum absolute atomic E-state index is 11.4. The first-order valence-electron chi connectivity index (χ1n) is 13.4. The molecule has 176 valence electrons. The average molecular weight is 427 g/mol. The smallest absolute Gasteiger partial charge is 0.0634 e. The number of rotatable bonds is 4. The van der Waals surface area contributed by atoms with Crippen molar-refractivity contribution in [3.63, 3.8) is 0 Å². The molecule has 0 saturated heterocycles. The summed E-state index contributed by atoms with van der Waals surface area (Å²) in [6.45, 7) is 19.7. The monoisotopic (exact) mass is 426 g/mol. The molecule has 0 spiro atoms. The molecule has 0 aromatic rings. The van der Waals surface area contributed by atoms with E-state index in [9.17, 15) is 5.11 Å². The van der Waals surface area contributed by atoms with Crippen LogP contribution in [-0.4, -0.2) is 11.2 Å². The van der Waals surface area contributed by atoms with Gasteiger partial charge in [-0.25, -0.2) is 0 Å². The van der Waals surface area contributed by atoms with Gasteiger partial charge >= 0.3 is 0 Å². The molecule has 0 heterocycles. The minimum Gasteiger partial charge on any atom is -0.392 e. The van der Waals surface area contributed by atoms with Gasteiger partial charge in [0.1, 0.15) is 0 Å². The fourth-order valence-electron chi connectivity index (χ4n) is 9.47. The Bertz CT molecular complexity index is 767. The van der Waals surface area contributed by atoms with Crippen LogP contribution in [0.5, 0.6) is 0 Å². The Hall–Kier alpha value is -0.560. The SMILES string of the molecule is CC(C)=CCC[C@@H](C)[C@@H]1CC[C@]2(C)C3=C(CC[C@@]12C)[C@@]1(C)C(O)CCC(C)(C)[C@@H]1CC3. The molecule has 2 fully saturated rings. The van der Waals surface area contributed by atoms with Crippen molar-refractivity contribution in [1.82, 2.24) is 0 Å². The molecule has 0 bridgehead atoms. The van der Waals surface area contributed by atoms with E-state index in [1.54, 1.807) is 11.1 Å². The zero-order chi connectivity index (χ0) is 22.8. The number of allylic oxidation sites excluding steroid dienone is 3. The highest BCUT2D eigenvalue weighted by Crippen LogP contribution is 2.72. The van der Waals surface area contributed by atoms with Crippen LogP contribution in [-0.2, 0) is 0 Å². The third kappa shape index (κ3) is 3.34. The van der Waals surface area contributed by atoms with Crippen molar-refractivity contribution in [2.24, 2.45) is 39.4 Å². The highest BCUT2D eigenvalue weighted by atomic mass is 16.3. The first-order chi connectivity index (χ1) is 14.4. The molecule has 0 radical (unpaired) electrons. The van der Waals surface area contributed by atoms with Gasteiger partial charge in [-0.1, -0.05) is 64.3 Å². The Labute approximate surface area is 193 Å². The van der Waals surface area contributed by atoms with E-state index >= 15 is 0 Å². The van der Waals surface area contributed by atoms with E-state index in [1.807, 2.05) is 0 Å². The molecule has 7 atom stereocenters. The van der Waals surface area contributed by atoms with E-state index in [1.165, 1.54) is 63.4 Å². The van der Waals surface area contributed by atoms with Crippen molar-refractivity contribution in [2.75, 3.05) is 0 Å². The summed E-state index contributed by atoms with van der Waals surface area (Å²) in [4.78, 5) is 0. The quantitative estimate of drug-likeness (QED) is 0.447. The van der Waals surface area contributed by atoms with E-state index in [0.29, 0.717) is 22.2 Å². The second-order valence-electron chi connectivity index (χ2n) is 13.6. The van der Waals surface area contributed by atoms with Crippen LogP contribution in [0.2, 0.25) is 0 Å². The second kappa shape index (κ2) is 7.75. The van der Waals surface area contributed by atoms with Crippen molar-refractivity contribution in [3.8, 4) is 0 Å². The van der Waals surface area contributed by atoms with Crippen molar-refractivity contribution < 1.29 is 5.11 Å². The maximum atomic E-state index is 11.4. The van der Waals surface area contributed by atoms with Crippen LogP contribution in [0.1, 0.15) is 120 Å². The van der Waals surface area contributed by atoms with Gasteiger partial charge in [0.05, 0.1) is 6.10 Å². The van der Waals surface area contributed by atoms with Gasteiger partial charge in [0.25, 0.3) is 0 Å². The Morgan fingerprint density at radius 2 is 1.68 bits per heavy atom. The molecular weight excluding hydrogens is 376 g/mol.